The molecule has 8 aromatic heterocycles. The minimum atomic E-state index is -4.28. The van der Waals surface area contributed by atoms with E-state index in [9.17, 15) is 71.3 Å². The van der Waals surface area contributed by atoms with Crippen LogP contribution in [0.15, 0.2) is 61.7 Å². The van der Waals surface area contributed by atoms with Gasteiger partial charge in [-0.25, -0.2) is 57.3 Å². The normalized spacial score (nSPS) is 31.6. The largest absolute Gasteiger partial charge is 0.472 e. The van der Waals surface area contributed by atoms with Gasteiger partial charge in [-0.2, -0.15) is 15.0 Å². The van der Waals surface area contributed by atoms with Crippen LogP contribution in [0.5, 0.6) is 0 Å². The summed E-state index contributed by atoms with van der Waals surface area (Å²) in [6.45, 7) is 13.7. The van der Waals surface area contributed by atoms with Crippen LogP contribution in [0, 0.1) is 13.8 Å². The van der Waals surface area contributed by atoms with Crippen molar-refractivity contribution in [3.63, 3.8) is 0 Å². The Labute approximate surface area is 725 Å². The maximum Gasteiger partial charge on any atom is 0.472 e. The third kappa shape index (κ3) is 20.1. The maximum atomic E-state index is 12.3. The molecule has 60 heteroatoms. The number of nitrogens with two attached hydrogens (primary N) is 4. The number of aryl methyl sites for hydroxylation is 2. The van der Waals surface area contributed by atoms with Crippen LogP contribution in [0.4, 0.5) is 23.5 Å². The van der Waals surface area contributed by atoms with Crippen molar-refractivity contribution in [1.29, 1.82) is 0 Å². The van der Waals surface area contributed by atoms with E-state index >= 15 is 0 Å². The van der Waals surface area contributed by atoms with Crippen molar-refractivity contribution in [2.24, 2.45) is 0 Å². The fourth-order valence-corrected chi connectivity index (χ4v) is 19.6. The highest BCUT2D eigenvalue weighted by molar-refractivity contribution is 7.48. The molecule has 8 aromatic rings. The number of aromatic nitrogens is 16. The van der Waals surface area contributed by atoms with Gasteiger partial charge in [-0.3, -0.25) is 97.4 Å². The van der Waals surface area contributed by atoms with Crippen LogP contribution < -0.4 is 51.0 Å². The number of methoxy groups -OCH3 is 2. The zero-order valence-corrected chi connectivity index (χ0v) is 75.9. The molecule has 8 fully saturated rings. The Morgan fingerprint density at radius 2 is 0.789 bits per heavy atom. The highest BCUT2D eigenvalue weighted by atomic mass is 31.2. The van der Waals surface area contributed by atoms with E-state index in [0.717, 1.165) is 35.5 Å². The second kappa shape index (κ2) is 39.5. The molecule has 6 bridgehead atoms. The Morgan fingerprint density at radius 3 is 1.17 bits per heavy atom. The van der Waals surface area contributed by atoms with Gasteiger partial charge in [-0.15, -0.1) is 0 Å². The molecule has 16 N–H and O–H groups in total. The smallest absolute Gasteiger partial charge is 0.383 e. The first-order chi connectivity index (χ1) is 60.5. The number of fused-ring (bicyclic) bond motifs is 9. The number of hydrogen-bond donors (Lipinski definition) is 12. The fourth-order valence-electron chi connectivity index (χ4n) is 16.3. The molecule has 55 nitrogen and oxygen atoms in total. The van der Waals surface area contributed by atoms with Crippen LogP contribution in [0.3, 0.4) is 0 Å². The average molecular weight is 1920 g/mol. The molecule has 10 unspecified atom stereocenters. The molecule has 128 heavy (non-hydrogen) atoms. The van der Waals surface area contributed by atoms with Crippen LogP contribution in [-0.2, 0) is 115 Å². The summed E-state index contributed by atoms with van der Waals surface area (Å²) in [5.41, 5.74) is 19.9. The first-order valence-corrected chi connectivity index (χ1v) is 47.1. The number of phosphoric acid groups is 5. The lowest BCUT2D eigenvalue weighted by Crippen LogP contribution is -2.49. The summed E-state index contributed by atoms with van der Waals surface area (Å²) in [5, 5.41) is 0. The number of nitrogens with zero attached hydrogens (tertiary/aromatic N) is 13. The summed E-state index contributed by atoms with van der Waals surface area (Å²) in [6.07, 6.45) is -0.693. The van der Waals surface area contributed by atoms with E-state index in [1.807, 2.05) is 34.6 Å². The minimum absolute atomic E-state index is 0.0617. The monoisotopic (exact) mass is 1910 g/mol. The number of phosphoric ester groups is 5. The second-order valence-corrected chi connectivity index (χ2v) is 37.5. The molecule has 0 radical (unpaired) electrons. The van der Waals surface area contributed by atoms with Crippen molar-refractivity contribution < 1.29 is 140 Å². The number of anilines is 4. The molecule has 0 saturated carbocycles. The van der Waals surface area contributed by atoms with E-state index < -0.39 is 188 Å². The lowest BCUT2D eigenvalue weighted by atomic mass is 9.87. The summed E-state index contributed by atoms with van der Waals surface area (Å²) in [6, 6.07) is 0. The number of H-pyrrole nitrogens is 3. The van der Waals surface area contributed by atoms with E-state index in [0.29, 0.717) is 93.5 Å². The number of nitrogen functional groups attached to an aromatic ring is 4. The highest BCUT2D eigenvalue weighted by Crippen LogP contribution is 2.59. The fraction of sp³-hybridized carbons (Fsp3) is 0.662. The van der Waals surface area contributed by atoms with E-state index in [-0.39, 0.29) is 45.9 Å². The highest BCUT2D eigenvalue weighted by Gasteiger charge is 2.64. The van der Waals surface area contributed by atoms with Crippen LogP contribution in [0.25, 0.3) is 33.5 Å². The van der Waals surface area contributed by atoms with Gasteiger partial charge in [0.1, 0.15) is 95.5 Å². The number of nitrogens with one attached hydrogen (secondary N) is 3. The summed E-state index contributed by atoms with van der Waals surface area (Å²) in [5.74, 6) is 0.249. The molecule has 0 amide bonds. The van der Waals surface area contributed by atoms with Crippen molar-refractivity contribution >= 4 is 96.1 Å². The first-order valence-electron chi connectivity index (χ1n) is 39.6. The van der Waals surface area contributed by atoms with E-state index in [4.69, 9.17) is 92.9 Å². The van der Waals surface area contributed by atoms with E-state index in [1.165, 1.54) is 70.2 Å². The van der Waals surface area contributed by atoms with Crippen molar-refractivity contribution in [1.82, 2.24) is 77.7 Å². The number of aromatic amines is 3. The van der Waals surface area contributed by atoms with Gasteiger partial charge in [0.05, 0.1) is 51.0 Å². The summed E-state index contributed by atoms with van der Waals surface area (Å²) >= 11 is 0. The summed E-state index contributed by atoms with van der Waals surface area (Å²) in [7, 11) is -13.0. The van der Waals surface area contributed by atoms with Gasteiger partial charge in [0.15, 0.2) is 64.9 Å². The van der Waals surface area contributed by atoms with Crippen LogP contribution in [0.2, 0.25) is 0 Å². The first kappa shape index (κ1) is 99.2. The maximum absolute atomic E-state index is 12.3. The van der Waals surface area contributed by atoms with Crippen LogP contribution in [-0.4, -0.2) is 262 Å². The van der Waals surface area contributed by atoms with Gasteiger partial charge < -0.3 is 94.8 Å². The number of ether oxygens (including phenoxy) is 10. The number of hydrogen-bond acceptors (Lipinski definition) is 42. The summed E-state index contributed by atoms with van der Waals surface area (Å²) < 4.78 is 175. The Bertz CT molecular complexity index is 5880. The van der Waals surface area contributed by atoms with E-state index in [2.05, 4.69) is 77.4 Å². The second-order valence-electron chi connectivity index (χ2n) is 30.0. The van der Waals surface area contributed by atoms with Gasteiger partial charge in [-0.1, -0.05) is 34.6 Å². The molecule has 16 rings (SSSR count). The third-order valence-electron chi connectivity index (χ3n) is 23.0. The third-order valence-corrected chi connectivity index (χ3v) is 27.8. The predicted molar refractivity (Wildman–Crippen MR) is 440 cm³/mol. The lowest BCUT2D eigenvalue weighted by Gasteiger charge is -2.37. The minimum Gasteiger partial charge on any atom is -0.383 e. The molecule has 25 atom stereocenters. The Balaban J connectivity index is 0.000000145. The standard InChI is InChI=1S/C14H20N5O7P.C14H22N3O7P.C14H21N2O8P.C13H20N5O7P.C13H20N5O6P/c1-3-14-4-5-24-8(9(14)26-27(21,22)23-2)12(25-14)19-6-16-7-10(19)17-13(15)18-11(7)20;1-4-14-5-6-22-9(10(14)24-25(19,20)21-3)12(23-14)17-7-8(2)11(15)16-13(17)18;1-4-14-5-6-22-9(10(14)24-25(19,20)21-3)12(23-14)16-7-8(2)11(17)15-13(16)18;1-4-6-8(25-26(20,21)23-3)9(22-2)12(24-6)18-5-15-7-10(18)16-13(14)17-11(7)19;1-4-7-9(24-25(19,20)22-3)10(21-2)13(23-7)18-6-17-8-11(14)15-5-16-12(8)18/h6,8-9,12H,3-5H2,1-2H3,(H,21,22)(H3,15,17,18,20);7,9-10,12H,4-6H2,1-3H3,(H,19,20)(H2,15,16,18);7,9-10,12H,4-6H2,1-3H3,(H,19,20)(H,15,17,18);5-6,8-9,12H,4H2,1-3H3,(H,20,21)(H3,14,16,17,19);5-7,9-10,13H,4H2,1-3H3,(H,19,20)(H2,14,15,16)/t8-,9?,12+,14-;2*9-,10?,12+,14-;6-,8?,9+,12-;7-,9?,10+,13-/m00011/s1. The van der Waals surface area contributed by atoms with Crippen LogP contribution in [0.1, 0.15) is 128 Å². The molecule has 0 aliphatic carbocycles. The van der Waals surface area contributed by atoms with Crippen molar-refractivity contribution in [3.05, 3.63) is 101 Å². The van der Waals surface area contributed by atoms with Crippen molar-refractivity contribution in [2.75, 3.05) is 92.5 Å². The van der Waals surface area contributed by atoms with Crippen molar-refractivity contribution in [3.8, 4) is 0 Å². The zero-order chi connectivity index (χ0) is 93.5. The molecule has 0 aromatic carbocycles. The molecule has 8 aliphatic rings. The number of rotatable bonds is 27. The topological polar surface area (TPSA) is 736 Å². The van der Waals surface area contributed by atoms with Crippen LogP contribution >= 0.6 is 39.1 Å². The molecular weight excluding hydrogens is 1810 g/mol. The molecule has 710 valence electrons. The Kier molecular flexibility index (Phi) is 30.6. The molecule has 0 spiro atoms. The summed E-state index contributed by atoms with van der Waals surface area (Å²) in [4.78, 5) is 148. The SMILES string of the molecule is CC[C@H]1O[C@@H](n2cnc3c(=O)[nH]c(N)nc32)[C@@H](OC)C1OP(=O)(O)OC.CC[C@H]1O[C@@H](n2cnc3c(N)ncnc32)[C@@H](OC)C1OP(=O)(O)OC.CC[C@]12CCO[C@@H](C1OP(=O)(O)OC)[C@H](n1cc(C)c(=O)[nH]c1=O)O2.CC[C@]12CCO[C@@H](C1OP(=O)(O)OC)[C@H](n1cc(C)c(N)nc1=O)O2.CC[C@]12CCO[C@@H](C1OP(=O)(O)OC)[C@H](n1cnc3c(=O)[nH]c(N)nc31)O2. The van der Waals surface area contributed by atoms with Gasteiger partial charge in [0, 0.05) is 92.6 Å². The Hall–Kier alpha value is -7.84. The predicted octanol–water partition coefficient (Wildman–Crippen LogP) is 2.50. The Morgan fingerprint density at radius 1 is 0.430 bits per heavy atom. The van der Waals surface area contributed by atoms with Gasteiger partial charge >= 0.3 is 50.5 Å². The zero-order valence-electron chi connectivity index (χ0n) is 71.4. The van der Waals surface area contributed by atoms with E-state index in [1.54, 1.807) is 18.4 Å². The lowest BCUT2D eigenvalue weighted by molar-refractivity contribution is -0.120. The molecular formula is C68H103N20O35P5. The van der Waals surface area contributed by atoms with Crippen molar-refractivity contribution in [2.45, 2.75) is 221 Å². The number of imidazole rings is 3. The van der Waals surface area contributed by atoms with Gasteiger partial charge in [0.25, 0.3) is 16.7 Å². The average Bonchev–Trinajstić information content (AvgIpc) is 1.57. The molecule has 8 aliphatic heterocycles. The molecule has 8 saturated heterocycles. The quantitative estimate of drug-likeness (QED) is 0.0329. The van der Waals surface area contributed by atoms with Gasteiger partial charge in [0.2, 0.25) is 11.9 Å². The van der Waals surface area contributed by atoms with Gasteiger partial charge in [-0.05, 0) is 46.0 Å². The molecule has 16 heterocycles.